The Kier molecular flexibility index (Phi) is 5.60. The van der Waals surface area contributed by atoms with Crippen molar-refractivity contribution in [3.63, 3.8) is 0 Å². The van der Waals surface area contributed by atoms with E-state index in [1.54, 1.807) is 80.0 Å². The van der Waals surface area contributed by atoms with E-state index in [9.17, 15) is 9.00 Å². The van der Waals surface area contributed by atoms with Crippen LogP contribution in [0, 0.1) is 0 Å². The molecule has 7 heteroatoms. The van der Waals surface area contributed by atoms with Crippen molar-refractivity contribution in [1.82, 2.24) is 4.98 Å². The Hall–Kier alpha value is -3.19. The van der Waals surface area contributed by atoms with Crippen LogP contribution < -0.4 is 14.8 Å². The molecule has 3 rings (SSSR count). The van der Waals surface area contributed by atoms with Crippen molar-refractivity contribution in [2.24, 2.45) is 0 Å². The first-order valence-corrected chi connectivity index (χ1v) is 8.95. The molecule has 1 amide bonds. The summed E-state index contributed by atoms with van der Waals surface area (Å²) < 4.78 is 20.4. The normalized spacial score (nSPS) is 11.4. The van der Waals surface area contributed by atoms with Gasteiger partial charge < -0.3 is 14.8 Å². The SMILES string of the molecule is COc1ccc(NS(=O)c2ccc(NC(=O)c3ccccn3)cc2)cc1. The quantitative estimate of drug-likeness (QED) is 0.699. The molecule has 0 aliphatic heterocycles. The number of anilines is 2. The summed E-state index contributed by atoms with van der Waals surface area (Å²) in [6, 6.07) is 19.1. The smallest absolute Gasteiger partial charge is 0.274 e. The predicted octanol–water partition coefficient (Wildman–Crippen LogP) is 3.48. The van der Waals surface area contributed by atoms with Crippen molar-refractivity contribution < 1.29 is 13.7 Å². The van der Waals surface area contributed by atoms with Gasteiger partial charge in [0.15, 0.2) is 0 Å². The van der Waals surface area contributed by atoms with Gasteiger partial charge in [-0.2, -0.15) is 0 Å². The number of carbonyl (C=O) groups excluding carboxylic acids is 1. The van der Waals surface area contributed by atoms with Crippen LogP contribution in [0.15, 0.2) is 77.8 Å². The predicted molar refractivity (Wildman–Crippen MR) is 102 cm³/mol. The molecule has 3 aromatic rings. The lowest BCUT2D eigenvalue weighted by molar-refractivity contribution is 0.102. The van der Waals surface area contributed by atoms with Gasteiger partial charge in [-0.25, -0.2) is 4.21 Å². The minimum absolute atomic E-state index is 0.296. The summed E-state index contributed by atoms with van der Waals surface area (Å²) in [5.74, 6) is 0.435. The Morgan fingerprint density at radius 3 is 2.27 bits per heavy atom. The van der Waals surface area contributed by atoms with E-state index in [1.807, 2.05) is 0 Å². The van der Waals surface area contributed by atoms with Crippen LogP contribution in [0.4, 0.5) is 11.4 Å². The number of rotatable bonds is 6. The molecule has 132 valence electrons. The minimum Gasteiger partial charge on any atom is -0.497 e. The van der Waals surface area contributed by atoms with E-state index in [2.05, 4.69) is 15.0 Å². The van der Waals surface area contributed by atoms with Gasteiger partial charge in [-0.1, -0.05) is 6.07 Å². The highest BCUT2D eigenvalue weighted by Gasteiger charge is 2.08. The van der Waals surface area contributed by atoms with Gasteiger partial charge >= 0.3 is 0 Å². The highest BCUT2D eigenvalue weighted by atomic mass is 32.2. The minimum atomic E-state index is -1.42. The lowest BCUT2D eigenvalue weighted by Crippen LogP contribution is -2.13. The number of carbonyl (C=O) groups is 1. The first-order chi connectivity index (χ1) is 12.7. The number of amides is 1. The van der Waals surface area contributed by atoms with E-state index < -0.39 is 11.0 Å². The monoisotopic (exact) mass is 367 g/mol. The van der Waals surface area contributed by atoms with E-state index in [-0.39, 0.29) is 5.91 Å². The zero-order valence-corrected chi connectivity index (χ0v) is 14.8. The first kappa shape index (κ1) is 17.6. The molecular weight excluding hydrogens is 350 g/mol. The number of ether oxygens (including phenoxy) is 1. The van der Waals surface area contributed by atoms with Gasteiger partial charge in [0.1, 0.15) is 22.4 Å². The van der Waals surface area contributed by atoms with Crippen molar-refractivity contribution in [3.05, 3.63) is 78.6 Å². The second kappa shape index (κ2) is 8.26. The Morgan fingerprint density at radius 2 is 1.65 bits per heavy atom. The van der Waals surface area contributed by atoms with Crippen LogP contribution in [0.25, 0.3) is 0 Å². The summed E-state index contributed by atoms with van der Waals surface area (Å²) in [4.78, 5) is 16.7. The van der Waals surface area contributed by atoms with E-state index in [4.69, 9.17) is 4.74 Å². The number of hydrogen-bond acceptors (Lipinski definition) is 4. The maximum Gasteiger partial charge on any atom is 0.274 e. The van der Waals surface area contributed by atoms with Crippen molar-refractivity contribution >= 4 is 28.3 Å². The fourth-order valence-electron chi connectivity index (χ4n) is 2.18. The lowest BCUT2D eigenvalue weighted by atomic mass is 10.3. The van der Waals surface area contributed by atoms with Crippen LogP contribution in [-0.4, -0.2) is 22.2 Å². The van der Waals surface area contributed by atoms with Gasteiger partial charge in [0.25, 0.3) is 5.91 Å². The molecule has 0 fully saturated rings. The second-order valence-corrected chi connectivity index (χ2v) is 6.51. The third-order valence-corrected chi connectivity index (χ3v) is 4.65. The number of benzene rings is 2. The molecule has 2 N–H and O–H groups in total. The maximum atomic E-state index is 12.4. The molecule has 0 radical (unpaired) electrons. The number of methoxy groups -OCH3 is 1. The molecule has 1 heterocycles. The van der Waals surface area contributed by atoms with Gasteiger partial charge in [-0.05, 0) is 60.7 Å². The van der Waals surface area contributed by atoms with Gasteiger partial charge in [0, 0.05) is 17.6 Å². The summed E-state index contributed by atoms with van der Waals surface area (Å²) in [7, 11) is 0.176. The molecule has 1 atom stereocenters. The van der Waals surface area contributed by atoms with E-state index in [0.717, 1.165) is 11.4 Å². The molecule has 26 heavy (non-hydrogen) atoms. The summed E-state index contributed by atoms with van der Waals surface area (Å²) >= 11 is 0. The highest BCUT2D eigenvalue weighted by Crippen LogP contribution is 2.18. The third-order valence-electron chi connectivity index (χ3n) is 3.52. The first-order valence-electron chi connectivity index (χ1n) is 7.80. The van der Waals surface area contributed by atoms with Crippen molar-refractivity contribution in [3.8, 4) is 5.75 Å². The number of nitrogens with zero attached hydrogens (tertiary/aromatic N) is 1. The Morgan fingerprint density at radius 1 is 0.962 bits per heavy atom. The van der Waals surface area contributed by atoms with Gasteiger partial charge in [-0.3, -0.25) is 9.78 Å². The molecule has 1 unspecified atom stereocenters. The summed E-state index contributed by atoms with van der Waals surface area (Å²) in [5.41, 5.74) is 1.66. The lowest BCUT2D eigenvalue weighted by Gasteiger charge is -2.08. The summed E-state index contributed by atoms with van der Waals surface area (Å²) in [6.07, 6.45) is 1.56. The van der Waals surface area contributed by atoms with Crippen LogP contribution >= 0.6 is 0 Å². The zero-order chi connectivity index (χ0) is 18.4. The number of nitrogens with one attached hydrogen (secondary N) is 2. The Bertz CT molecular complexity index is 898. The standard InChI is InChI=1S/C19H17N3O3S/c1-25-16-9-5-15(6-10-16)22-26(24)17-11-7-14(8-12-17)21-19(23)18-4-2-3-13-20-18/h2-13,22H,1H3,(H,21,23). The van der Waals surface area contributed by atoms with E-state index >= 15 is 0 Å². The molecule has 1 aromatic heterocycles. The topological polar surface area (TPSA) is 80.3 Å². The van der Waals surface area contributed by atoms with Crippen molar-refractivity contribution in [2.75, 3.05) is 17.1 Å². The number of aromatic nitrogens is 1. The van der Waals surface area contributed by atoms with Crippen LogP contribution in [0.5, 0.6) is 5.75 Å². The van der Waals surface area contributed by atoms with Gasteiger partial charge in [-0.15, -0.1) is 0 Å². The largest absolute Gasteiger partial charge is 0.497 e. The maximum absolute atomic E-state index is 12.4. The van der Waals surface area contributed by atoms with Gasteiger partial charge in [0.05, 0.1) is 12.0 Å². The molecule has 0 spiro atoms. The number of hydrogen-bond donors (Lipinski definition) is 2. The summed E-state index contributed by atoms with van der Waals surface area (Å²) in [6.45, 7) is 0. The van der Waals surface area contributed by atoms with Gasteiger partial charge in [0.2, 0.25) is 0 Å². The second-order valence-electron chi connectivity index (χ2n) is 5.29. The molecule has 2 aromatic carbocycles. The van der Waals surface area contributed by atoms with E-state index in [0.29, 0.717) is 16.3 Å². The molecule has 0 aliphatic rings. The molecule has 0 saturated heterocycles. The van der Waals surface area contributed by atoms with Crippen LogP contribution in [0.3, 0.4) is 0 Å². The van der Waals surface area contributed by atoms with Crippen molar-refractivity contribution in [2.45, 2.75) is 4.90 Å². The average molecular weight is 367 g/mol. The average Bonchev–Trinajstić information content (AvgIpc) is 2.69. The Labute approximate surface area is 153 Å². The molecule has 0 aliphatic carbocycles. The van der Waals surface area contributed by atoms with Crippen LogP contribution in [-0.2, 0) is 11.0 Å². The van der Waals surface area contributed by atoms with E-state index in [1.165, 1.54) is 0 Å². The zero-order valence-electron chi connectivity index (χ0n) is 14.0. The number of pyridine rings is 1. The molecular formula is C19H17N3O3S. The Balaban J connectivity index is 1.63. The third kappa shape index (κ3) is 4.46. The molecule has 6 nitrogen and oxygen atoms in total. The fourth-order valence-corrected chi connectivity index (χ4v) is 3.03. The summed E-state index contributed by atoms with van der Waals surface area (Å²) in [5, 5.41) is 2.75. The highest BCUT2D eigenvalue weighted by molar-refractivity contribution is 7.86. The fraction of sp³-hybridized carbons (Fsp3) is 0.0526. The molecule has 0 bridgehead atoms. The van der Waals surface area contributed by atoms with Crippen LogP contribution in [0.2, 0.25) is 0 Å². The van der Waals surface area contributed by atoms with Crippen LogP contribution in [0.1, 0.15) is 10.5 Å². The van der Waals surface area contributed by atoms with Crippen molar-refractivity contribution in [1.29, 1.82) is 0 Å². The molecule has 0 saturated carbocycles.